The van der Waals surface area contributed by atoms with Gasteiger partial charge in [-0.1, -0.05) is 6.92 Å². The number of nitrogens with two attached hydrogens (primary N) is 1. The summed E-state index contributed by atoms with van der Waals surface area (Å²) in [4.78, 5) is 13.0. The fourth-order valence-electron chi connectivity index (χ4n) is 0.929. The molecule has 2 N–H and O–H groups in total. The van der Waals surface area contributed by atoms with E-state index in [1.54, 1.807) is 25.8 Å². The first-order valence-corrected chi connectivity index (χ1v) is 3.94. The number of carbonyl (C=O) groups is 1. The maximum atomic E-state index is 11.4. The van der Waals surface area contributed by atoms with Crippen molar-refractivity contribution in [3.8, 4) is 0 Å². The average Bonchev–Trinajstić information content (AvgIpc) is 1.85. The Morgan fingerprint density at radius 1 is 1.55 bits per heavy atom. The van der Waals surface area contributed by atoms with Gasteiger partial charge >= 0.3 is 0 Å². The summed E-state index contributed by atoms with van der Waals surface area (Å²) >= 11 is 0. The second kappa shape index (κ2) is 3.72. The van der Waals surface area contributed by atoms with Crippen LogP contribution < -0.4 is 5.73 Å². The summed E-state index contributed by atoms with van der Waals surface area (Å²) in [5.74, 6) is -0.000602. The first kappa shape index (κ1) is 10.4. The minimum atomic E-state index is -0.732. The van der Waals surface area contributed by atoms with Gasteiger partial charge in [-0.3, -0.25) is 4.79 Å². The number of likely N-dealkylation sites (N-methyl/N-ethyl adjacent to an activating group) is 1. The zero-order valence-electron chi connectivity index (χ0n) is 7.85. The van der Waals surface area contributed by atoms with Crippen LogP contribution in [0.3, 0.4) is 0 Å². The van der Waals surface area contributed by atoms with Crippen LogP contribution in [0.15, 0.2) is 0 Å². The zero-order chi connectivity index (χ0) is 9.07. The van der Waals surface area contributed by atoms with E-state index in [1.165, 1.54) is 0 Å². The third-order valence-electron chi connectivity index (χ3n) is 1.46. The van der Waals surface area contributed by atoms with Crippen LogP contribution in [0.25, 0.3) is 0 Å². The molecule has 0 aromatic rings. The van der Waals surface area contributed by atoms with Gasteiger partial charge in [0.25, 0.3) is 0 Å². The molecule has 11 heavy (non-hydrogen) atoms. The van der Waals surface area contributed by atoms with Crippen molar-refractivity contribution in [1.29, 1.82) is 0 Å². The van der Waals surface area contributed by atoms with Gasteiger partial charge in [0, 0.05) is 13.6 Å². The molecule has 0 aliphatic carbocycles. The third kappa shape index (κ3) is 3.37. The Kier molecular flexibility index (Phi) is 3.52. The first-order chi connectivity index (χ1) is 4.89. The molecule has 0 atom stereocenters. The Morgan fingerprint density at radius 2 is 2.00 bits per heavy atom. The highest BCUT2D eigenvalue weighted by Crippen LogP contribution is 2.02. The molecular formula is C8H18N2O. The molecule has 0 radical (unpaired) electrons. The summed E-state index contributed by atoms with van der Waals surface area (Å²) in [6.45, 7) is 6.26. The zero-order valence-corrected chi connectivity index (χ0v) is 7.85. The van der Waals surface area contributed by atoms with E-state index in [9.17, 15) is 4.79 Å². The highest BCUT2D eigenvalue weighted by Gasteiger charge is 2.24. The third-order valence-corrected chi connectivity index (χ3v) is 1.46. The van der Waals surface area contributed by atoms with Gasteiger partial charge in [0.1, 0.15) is 0 Å². The molecule has 0 aromatic carbocycles. The molecule has 66 valence electrons. The van der Waals surface area contributed by atoms with E-state index in [2.05, 4.69) is 0 Å². The molecule has 0 bridgehead atoms. The van der Waals surface area contributed by atoms with Crippen LogP contribution in [0.2, 0.25) is 0 Å². The molecule has 0 aliphatic heterocycles. The Balaban J connectivity index is 4.03. The second-order valence-corrected chi connectivity index (χ2v) is 3.45. The molecular weight excluding hydrogens is 140 g/mol. The SMILES string of the molecule is CCCN(C)C(=O)C(C)(C)N. The molecule has 0 saturated carbocycles. The van der Waals surface area contributed by atoms with E-state index in [0.29, 0.717) is 0 Å². The maximum Gasteiger partial charge on any atom is 0.241 e. The van der Waals surface area contributed by atoms with Crippen molar-refractivity contribution < 1.29 is 4.79 Å². The number of hydrogen-bond donors (Lipinski definition) is 1. The minimum absolute atomic E-state index is 0.000602. The molecule has 3 nitrogen and oxygen atoms in total. The van der Waals surface area contributed by atoms with Crippen molar-refractivity contribution in [3.63, 3.8) is 0 Å². The lowest BCUT2D eigenvalue weighted by atomic mass is 10.1. The fraction of sp³-hybridized carbons (Fsp3) is 0.875. The Labute approximate surface area is 68.6 Å². The summed E-state index contributed by atoms with van der Waals surface area (Å²) in [7, 11) is 1.78. The molecule has 0 aliphatic rings. The van der Waals surface area contributed by atoms with Crippen molar-refractivity contribution in [3.05, 3.63) is 0 Å². The van der Waals surface area contributed by atoms with Crippen LogP contribution >= 0.6 is 0 Å². The summed E-state index contributed by atoms with van der Waals surface area (Å²) in [6, 6.07) is 0. The molecule has 0 heterocycles. The van der Waals surface area contributed by atoms with Crippen molar-refractivity contribution in [2.45, 2.75) is 32.7 Å². The van der Waals surface area contributed by atoms with Crippen LogP contribution in [0, 0.1) is 0 Å². The Hall–Kier alpha value is -0.570. The standard InChI is InChI=1S/C8H18N2O/c1-5-6-10(4)7(11)8(2,3)9/h5-6,9H2,1-4H3. The van der Waals surface area contributed by atoms with Crippen LogP contribution in [-0.4, -0.2) is 29.9 Å². The summed E-state index contributed by atoms with van der Waals surface area (Å²) in [6.07, 6.45) is 0.971. The van der Waals surface area contributed by atoms with E-state index >= 15 is 0 Å². The second-order valence-electron chi connectivity index (χ2n) is 3.45. The number of carbonyl (C=O) groups excluding carboxylic acids is 1. The van der Waals surface area contributed by atoms with Crippen LogP contribution in [-0.2, 0) is 4.79 Å². The highest BCUT2D eigenvalue weighted by molar-refractivity contribution is 5.84. The number of rotatable bonds is 3. The van der Waals surface area contributed by atoms with Gasteiger partial charge in [-0.15, -0.1) is 0 Å². The molecule has 0 spiro atoms. The van der Waals surface area contributed by atoms with Gasteiger partial charge < -0.3 is 10.6 Å². The number of hydrogen-bond acceptors (Lipinski definition) is 2. The molecule has 3 heteroatoms. The van der Waals surface area contributed by atoms with E-state index in [1.807, 2.05) is 6.92 Å². The van der Waals surface area contributed by atoms with Gasteiger partial charge in [-0.2, -0.15) is 0 Å². The van der Waals surface area contributed by atoms with Gasteiger partial charge in [-0.05, 0) is 20.3 Å². The van der Waals surface area contributed by atoms with Gasteiger partial charge in [-0.25, -0.2) is 0 Å². The Bertz CT molecular complexity index is 138. The number of amides is 1. The Morgan fingerprint density at radius 3 is 2.27 bits per heavy atom. The van der Waals surface area contributed by atoms with E-state index < -0.39 is 5.54 Å². The quantitative estimate of drug-likeness (QED) is 0.653. The van der Waals surface area contributed by atoms with Crippen molar-refractivity contribution >= 4 is 5.91 Å². The van der Waals surface area contributed by atoms with Gasteiger partial charge in [0.15, 0.2) is 0 Å². The molecule has 0 aromatic heterocycles. The van der Waals surface area contributed by atoms with Crippen molar-refractivity contribution in [2.24, 2.45) is 5.73 Å². The monoisotopic (exact) mass is 158 g/mol. The molecule has 0 rings (SSSR count). The van der Waals surface area contributed by atoms with E-state index in [0.717, 1.165) is 13.0 Å². The van der Waals surface area contributed by atoms with Crippen LogP contribution in [0.5, 0.6) is 0 Å². The smallest absolute Gasteiger partial charge is 0.241 e. The van der Waals surface area contributed by atoms with E-state index in [4.69, 9.17) is 5.73 Å². The normalized spacial score (nSPS) is 11.4. The summed E-state index contributed by atoms with van der Waals surface area (Å²) < 4.78 is 0. The first-order valence-electron chi connectivity index (χ1n) is 3.94. The lowest BCUT2D eigenvalue weighted by Gasteiger charge is -2.25. The topological polar surface area (TPSA) is 46.3 Å². The highest BCUT2D eigenvalue weighted by atomic mass is 16.2. The number of nitrogens with zero attached hydrogens (tertiary/aromatic N) is 1. The maximum absolute atomic E-state index is 11.4. The minimum Gasteiger partial charge on any atom is -0.344 e. The predicted octanol–water partition coefficient (Wildman–Crippen LogP) is 0.592. The fourth-order valence-corrected chi connectivity index (χ4v) is 0.929. The van der Waals surface area contributed by atoms with E-state index in [-0.39, 0.29) is 5.91 Å². The molecule has 1 amide bonds. The lowest BCUT2D eigenvalue weighted by molar-refractivity contribution is -0.134. The van der Waals surface area contributed by atoms with Crippen LogP contribution in [0.1, 0.15) is 27.2 Å². The largest absolute Gasteiger partial charge is 0.344 e. The molecule has 0 saturated heterocycles. The van der Waals surface area contributed by atoms with Gasteiger partial charge in [0.2, 0.25) is 5.91 Å². The molecule has 0 fully saturated rings. The van der Waals surface area contributed by atoms with Crippen molar-refractivity contribution in [1.82, 2.24) is 4.90 Å². The van der Waals surface area contributed by atoms with Gasteiger partial charge in [0.05, 0.1) is 5.54 Å². The van der Waals surface area contributed by atoms with Crippen LogP contribution in [0.4, 0.5) is 0 Å². The predicted molar refractivity (Wildman–Crippen MR) is 46.2 cm³/mol. The summed E-state index contributed by atoms with van der Waals surface area (Å²) in [5, 5.41) is 0. The summed E-state index contributed by atoms with van der Waals surface area (Å²) in [5.41, 5.74) is 4.89. The van der Waals surface area contributed by atoms with Crippen molar-refractivity contribution in [2.75, 3.05) is 13.6 Å². The molecule has 0 unspecified atom stereocenters. The average molecular weight is 158 g/mol. The lowest BCUT2D eigenvalue weighted by Crippen LogP contribution is -2.49.